The molecule has 17 heavy (non-hydrogen) atoms. The minimum Gasteiger partial charge on any atom is -0.481 e. The zero-order valence-electron chi connectivity index (χ0n) is 8.88. The predicted molar refractivity (Wildman–Crippen MR) is 51.2 cm³/mol. The van der Waals surface area contributed by atoms with E-state index in [0.29, 0.717) is 12.8 Å². The summed E-state index contributed by atoms with van der Waals surface area (Å²) in [5, 5.41) is 13.4. The smallest absolute Gasteiger partial charge is 0.403 e. The van der Waals surface area contributed by atoms with Crippen LogP contribution in [-0.2, 0) is 9.59 Å². The lowest BCUT2D eigenvalue weighted by Crippen LogP contribution is -2.43. The van der Waals surface area contributed by atoms with E-state index in [1.165, 1.54) is 0 Å². The van der Waals surface area contributed by atoms with Gasteiger partial charge in [-0.15, -0.1) is 0 Å². The van der Waals surface area contributed by atoms with Gasteiger partial charge in [-0.25, -0.2) is 0 Å². The number of carbonyl (C=O) groups is 2. The fourth-order valence-corrected chi connectivity index (χ4v) is 1.58. The summed E-state index contributed by atoms with van der Waals surface area (Å²) >= 11 is 0. The summed E-state index contributed by atoms with van der Waals surface area (Å²) in [6.07, 6.45) is -3.86. The molecular formula is C9H13F3N2O3. The van der Waals surface area contributed by atoms with Crippen LogP contribution in [-0.4, -0.2) is 42.3 Å². The Balaban J connectivity index is 2.33. The van der Waals surface area contributed by atoms with Crippen molar-refractivity contribution in [2.45, 2.75) is 25.1 Å². The van der Waals surface area contributed by atoms with Crippen LogP contribution in [0.1, 0.15) is 12.8 Å². The van der Waals surface area contributed by atoms with Crippen LogP contribution >= 0.6 is 0 Å². The molecular weight excluding hydrogens is 241 g/mol. The fraction of sp³-hybridized carbons (Fsp3) is 0.778. The Labute approximate surface area is 95.4 Å². The summed E-state index contributed by atoms with van der Waals surface area (Å²) in [6.45, 7) is -0.545. The first kappa shape index (κ1) is 13.8. The van der Waals surface area contributed by atoms with Crippen molar-refractivity contribution >= 4 is 11.9 Å². The van der Waals surface area contributed by atoms with Gasteiger partial charge in [0.05, 0.1) is 0 Å². The number of amides is 1. The minimum absolute atomic E-state index is 0.137. The predicted octanol–water partition coefficient (Wildman–Crippen LogP) is 0.118. The Bertz CT molecular complexity index is 306. The van der Waals surface area contributed by atoms with E-state index in [1.54, 1.807) is 0 Å². The van der Waals surface area contributed by atoms with Gasteiger partial charge in [-0.1, -0.05) is 0 Å². The third-order valence-electron chi connectivity index (χ3n) is 2.52. The Morgan fingerprint density at radius 1 is 1.59 bits per heavy atom. The molecule has 2 atom stereocenters. The van der Waals surface area contributed by atoms with Crippen molar-refractivity contribution in [1.29, 1.82) is 0 Å². The maximum absolute atomic E-state index is 12.2. The molecule has 8 heteroatoms. The number of carboxylic acids is 1. The van der Waals surface area contributed by atoms with Gasteiger partial charge in [0.15, 0.2) is 5.92 Å². The molecule has 0 aromatic rings. The van der Waals surface area contributed by atoms with Crippen LogP contribution in [0.4, 0.5) is 13.2 Å². The number of hydrogen-bond acceptors (Lipinski definition) is 3. The van der Waals surface area contributed by atoms with Crippen molar-refractivity contribution in [3.8, 4) is 0 Å². The Kier molecular flexibility index (Phi) is 4.33. The Hall–Kier alpha value is -1.31. The first-order chi connectivity index (χ1) is 7.80. The molecule has 1 rings (SSSR count). The van der Waals surface area contributed by atoms with Gasteiger partial charge in [-0.3, -0.25) is 9.59 Å². The second-order valence-corrected chi connectivity index (χ2v) is 3.89. The van der Waals surface area contributed by atoms with Crippen molar-refractivity contribution in [1.82, 2.24) is 10.6 Å². The largest absolute Gasteiger partial charge is 0.481 e. The van der Waals surface area contributed by atoms with Crippen LogP contribution in [0.5, 0.6) is 0 Å². The molecule has 0 spiro atoms. The Morgan fingerprint density at radius 3 is 2.65 bits per heavy atom. The van der Waals surface area contributed by atoms with Gasteiger partial charge < -0.3 is 15.7 Å². The van der Waals surface area contributed by atoms with Crippen molar-refractivity contribution in [3.63, 3.8) is 0 Å². The SMILES string of the molecule is O=C1CCC(CNCC(C(=O)O)C(F)(F)F)N1. The van der Waals surface area contributed by atoms with Gasteiger partial charge in [-0.2, -0.15) is 13.2 Å². The number of carboxylic acid groups (broad SMARTS) is 1. The second kappa shape index (κ2) is 5.35. The molecule has 1 saturated heterocycles. The highest BCUT2D eigenvalue weighted by Crippen LogP contribution is 2.25. The van der Waals surface area contributed by atoms with Gasteiger partial charge in [0.2, 0.25) is 5.91 Å². The molecule has 1 aliphatic rings. The molecule has 0 aromatic carbocycles. The number of halogens is 3. The first-order valence-corrected chi connectivity index (χ1v) is 5.10. The van der Waals surface area contributed by atoms with E-state index in [2.05, 4.69) is 10.6 Å². The zero-order valence-corrected chi connectivity index (χ0v) is 8.88. The number of alkyl halides is 3. The number of hydrogen-bond donors (Lipinski definition) is 3. The summed E-state index contributed by atoms with van der Waals surface area (Å²) in [6, 6.07) is -0.217. The molecule has 98 valence electrons. The van der Waals surface area contributed by atoms with Crippen molar-refractivity contribution < 1.29 is 27.9 Å². The number of carbonyl (C=O) groups excluding carboxylic acids is 1. The van der Waals surface area contributed by atoms with Crippen LogP contribution in [0.25, 0.3) is 0 Å². The average Bonchev–Trinajstić information content (AvgIpc) is 2.56. The lowest BCUT2D eigenvalue weighted by Gasteiger charge is -2.18. The molecule has 1 fully saturated rings. The van der Waals surface area contributed by atoms with Gasteiger partial charge >= 0.3 is 12.1 Å². The topological polar surface area (TPSA) is 78.4 Å². The Morgan fingerprint density at radius 2 is 2.24 bits per heavy atom. The quantitative estimate of drug-likeness (QED) is 0.651. The first-order valence-electron chi connectivity index (χ1n) is 5.10. The maximum Gasteiger partial charge on any atom is 0.403 e. The van der Waals surface area contributed by atoms with E-state index in [4.69, 9.17) is 5.11 Å². The van der Waals surface area contributed by atoms with Crippen molar-refractivity contribution in [3.05, 3.63) is 0 Å². The van der Waals surface area contributed by atoms with E-state index in [-0.39, 0.29) is 18.5 Å². The third kappa shape index (κ3) is 4.22. The monoisotopic (exact) mass is 254 g/mol. The molecule has 0 bridgehead atoms. The van der Waals surface area contributed by atoms with E-state index in [9.17, 15) is 22.8 Å². The molecule has 0 aliphatic carbocycles. The van der Waals surface area contributed by atoms with Crippen LogP contribution in [0, 0.1) is 5.92 Å². The lowest BCUT2D eigenvalue weighted by atomic mass is 10.1. The van der Waals surface area contributed by atoms with Gasteiger partial charge in [0, 0.05) is 25.6 Å². The lowest BCUT2D eigenvalue weighted by molar-refractivity contribution is -0.192. The van der Waals surface area contributed by atoms with Gasteiger partial charge in [-0.05, 0) is 6.42 Å². The van der Waals surface area contributed by atoms with Crippen LogP contribution in [0.15, 0.2) is 0 Å². The number of aliphatic carboxylic acids is 1. The molecule has 1 heterocycles. The zero-order chi connectivity index (χ0) is 13.1. The summed E-state index contributed by atoms with van der Waals surface area (Å²) in [7, 11) is 0. The van der Waals surface area contributed by atoms with Crippen LogP contribution < -0.4 is 10.6 Å². The molecule has 5 nitrogen and oxygen atoms in total. The number of nitrogens with one attached hydrogen (secondary N) is 2. The summed E-state index contributed by atoms with van der Waals surface area (Å²) in [4.78, 5) is 21.2. The highest BCUT2D eigenvalue weighted by atomic mass is 19.4. The molecule has 2 unspecified atom stereocenters. The molecule has 0 saturated carbocycles. The van der Waals surface area contributed by atoms with E-state index >= 15 is 0 Å². The van der Waals surface area contributed by atoms with Crippen LogP contribution in [0.3, 0.4) is 0 Å². The maximum atomic E-state index is 12.2. The van der Waals surface area contributed by atoms with E-state index < -0.39 is 24.6 Å². The average molecular weight is 254 g/mol. The molecule has 0 radical (unpaired) electrons. The second-order valence-electron chi connectivity index (χ2n) is 3.89. The van der Waals surface area contributed by atoms with Crippen molar-refractivity contribution in [2.24, 2.45) is 5.92 Å². The summed E-state index contributed by atoms with van der Waals surface area (Å²) in [5.74, 6) is -4.46. The normalized spacial score (nSPS) is 22.3. The van der Waals surface area contributed by atoms with Crippen molar-refractivity contribution in [2.75, 3.05) is 13.1 Å². The third-order valence-corrected chi connectivity index (χ3v) is 2.52. The summed E-state index contributed by atoms with van der Waals surface area (Å²) < 4.78 is 36.7. The molecule has 3 N–H and O–H groups in total. The minimum atomic E-state index is -4.77. The highest BCUT2D eigenvalue weighted by molar-refractivity contribution is 5.78. The standard InChI is InChI=1S/C9H13F3N2O3/c10-9(11,12)6(8(16)17)4-13-3-5-1-2-7(15)14-5/h5-6,13H,1-4H2,(H,14,15)(H,16,17). The highest BCUT2D eigenvalue weighted by Gasteiger charge is 2.44. The van der Waals surface area contributed by atoms with Gasteiger partial charge in [0.25, 0.3) is 0 Å². The summed E-state index contributed by atoms with van der Waals surface area (Å²) in [5.41, 5.74) is 0. The molecule has 1 aliphatic heterocycles. The number of rotatable bonds is 5. The van der Waals surface area contributed by atoms with E-state index in [0.717, 1.165) is 0 Å². The molecule has 1 amide bonds. The van der Waals surface area contributed by atoms with Gasteiger partial charge in [0.1, 0.15) is 0 Å². The van der Waals surface area contributed by atoms with Crippen LogP contribution in [0.2, 0.25) is 0 Å². The molecule has 0 aromatic heterocycles. The fourth-order valence-electron chi connectivity index (χ4n) is 1.58. The van der Waals surface area contributed by atoms with E-state index in [1.807, 2.05) is 0 Å².